The molecule has 0 unspecified atom stereocenters. The van der Waals surface area contributed by atoms with Crippen molar-refractivity contribution in [2.75, 3.05) is 5.32 Å². The molecule has 1 aromatic carbocycles. The van der Waals surface area contributed by atoms with Gasteiger partial charge in [-0.05, 0) is 6.07 Å². The number of aromatic nitrogens is 1. The van der Waals surface area contributed by atoms with Crippen molar-refractivity contribution in [3.8, 4) is 0 Å². The van der Waals surface area contributed by atoms with Gasteiger partial charge in [-0.3, -0.25) is 9.59 Å². The first kappa shape index (κ1) is 12.9. The van der Waals surface area contributed by atoms with E-state index < -0.39 is 34.6 Å². The number of benzene rings is 1. The van der Waals surface area contributed by atoms with Crippen LogP contribution in [0.25, 0.3) is 0 Å². The molecule has 2 aromatic rings. The highest BCUT2D eigenvalue weighted by molar-refractivity contribution is 6.04. The molecule has 1 amide bonds. The zero-order valence-corrected chi connectivity index (χ0v) is 9.34. The van der Waals surface area contributed by atoms with E-state index in [1.807, 2.05) is 5.32 Å². The number of amides is 1. The Morgan fingerprint density at radius 2 is 1.74 bits per heavy atom. The van der Waals surface area contributed by atoms with Crippen LogP contribution in [-0.4, -0.2) is 10.9 Å². The molecule has 0 aliphatic carbocycles. The van der Waals surface area contributed by atoms with Crippen LogP contribution in [0, 0.1) is 17.5 Å². The number of carbonyl (C=O) groups excluding carboxylic acids is 1. The molecule has 0 radical (unpaired) electrons. The summed E-state index contributed by atoms with van der Waals surface area (Å²) in [7, 11) is 0. The summed E-state index contributed by atoms with van der Waals surface area (Å²) in [5.74, 6) is -4.37. The van der Waals surface area contributed by atoms with E-state index in [4.69, 9.17) is 0 Å². The largest absolute Gasteiger partial charge is 0.328 e. The van der Waals surface area contributed by atoms with Gasteiger partial charge in [0.15, 0.2) is 11.6 Å². The van der Waals surface area contributed by atoms with E-state index in [2.05, 4.69) is 4.98 Å². The highest BCUT2D eigenvalue weighted by atomic mass is 19.1. The summed E-state index contributed by atoms with van der Waals surface area (Å²) in [5, 5.41) is 1.96. The Balaban J connectivity index is 2.29. The first-order chi connectivity index (χ1) is 8.97. The number of anilines is 1. The monoisotopic (exact) mass is 268 g/mol. The third kappa shape index (κ3) is 2.82. The van der Waals surface area contributed by atoms with Crippen LogP contribution in [0.2, 0.25) is 0 Å². The van der Waals surface area contributed by atoms with E-state index in [0.29, 0.717) is 12.1 Å². The van der Waals surface area contributed by atoms with Crippen molar-refractivity contribution in [3.63, 3.8) is 0 Å². The van der Waals surface area contributed by atoms with Crippen molar-refractivity contribution in [1.29, 1.82) is 0 Å². The van der Waals surface area contributed by atoms with Crippen LogP contribution in [-0.2, 0) is 0 Å². The SMILES string of the molecule is O=C(Nc1c(F)cc(F)cc1F)c1ccc(=O)[nH]c1. The molecule has 4 nitrogen and oxygen atoms in total. The molecule has 0 saturated carbocycles. The van der Waals surface area contributed by atoms with E-state index >= 15 is 0 Å². The molecule has 0 saturated heterocycles. The predicted molar refractivity (Wildman–Crippen MR) is 61.3 cm³/mol. The average Bonchev–Trinajstić information content (AvgIpc) is 2.34. The smallest absolute Gasteiger partial charge is 0.257 e. The minimum atomic E-state index is -1.23. The molecule has 2 rings (SSSR count). The second-order valence-corrected chi connectivity index (χ2v) is 3.64. The maximum absolute atomic E-state index is 13.3. The quantitative estimate of drug-likeness (QED) is 0.875. The van der Waals surface area contributed by atoms with Crippen LogP contribution in [0.1, 0.15) is 10.4 Å². The molecule has 0 aliphatic heterocycles. The molecule has 7 heteroatoms. The summed E-state index contributed by atoms with van der Waals surface area (Å²) in [4.78, 5) is 24.7. The second-order valence-electron chi connectivity index (χ2n) is 3.64. The Labute approximate surface area is 104 Å². The summed E-state index contributed by atoms with van der Waals surface area (Å²) in [6.45, 7) is 0. The Bertz CT molecular complexity index is 654. The van der Waals surface area contributed by atoms with E-state index in [1.54, 1.807) is 0 Å². The zero-order chi connectivity index (χ0) is 14.0. The van der Waals surface area contributed by atoms with Gasteiger partial charge in [-0.15, -0.1) is 0 Å². The molecule has 2 N–H and O–H groups in total. The maximum atomic E-state index is 13.3. The summed E-state index contributed by atoms with van der Waals surface area (Å²) < 4.78 is 39.3. The van der Waals surface area contributed by atoms with E-state index in [9.17, 15) is 22.8 Å². The normalized spacial score (nSPS) is 10.3. The van der Waals surface area contributed by atoms with Crippen LogP contribution in [0.4, 0.5) is 18.9 Å². The summed E-state index contributed by atoms with van der Waals surface area (Å²) in [6, 6.07) is 3.18. The van der Waals surface area contributed by atoms with Crippen molar-refractivity contribution in [3.05, 3.63) is 63.8 Å². The number of rotatable bonds is 2. The first-order valence-corrected chi connectivity index (χ1v) is 5.12. The predicted octanol–water partition coefficient (Wildman–Crippen LogP) is 2.04. The number of pyridine rings is 1. The number of halogens is 3. The van der Waals surface area contributed by atoms with Gasteiger partial charge < -0.3 is 10.3 Å². The Morgan fingerprint density at radius 1 is 1.11 bits per heavy atom. The van der Waals surface area contributed by atoms with Crippen LogP contribution in [0.5, 0.6) is 0 Å². The summed E-state index contributed by atoms with van der Waals surface area (Å²) in [6.07, 6.45) is 1.09. The molecule has 0 spiro atoms. The molecule has 19 heavy (non-hydrogen) atoms. The van der Waals surface area contributed by atoms with Gasteiger partial charge in [-0.1, -0.05) is 0 Å². The van der Waals surface area contributed by atoms with E-state index in [0.717, 1.165) is 12.3 Å². The van der Waals surface area contributed by atoms with Crippen LogP contribution in [0.15, 0.2) is 35.3 Å². The number of aromatic amines is 1. The van der Waals surface area contributed by atoms with E-state index in [1.165, 1.54) is 6.07 Å². The van der Waals surface area contributed by atoms with Gasteiger partial charge in [0, 0.05) is 24.4 Å². The minimum Gasteiger partial charge on any atom is -0.328 e. The standard InChI is InChI=1S/C12H7F3N2O2/c13-7-3-8(14)11(9(15)4-7)17-12(19)6-1-2-10(18)16-5-6/h1-5H,(H,16,18)(H,17,19). The Morgan fingerprint density at radius 3 is 2.26 bits per heavy atom. The number of hydrogen-bond acceptors (Lipinski definition) is 2. The molecule has 0 bridgehead atoms. The van der Waals surface area contributed by atoms with Crippen LogP contribution < -0.4 is 10.9 Å². The van der Waals surface area contributed by atoms with Gasteiger partial charge in [-0.2, -0.15) is 0 Å². The molecule has 1 aromatic heterocycles. The topological polar surface area (TPSA) is 62.0 Å². The van der Waals surface area contributed by atoms with Crippen molar-refractivity contribution in [2.24, 2.45) is 0 Å². The molecule has 0 aliphatic rings. The van der Waals surface area contributed by atoms with Gasteiger partial charge in [0.1, 0.15) is 11.5 Å². The molecule has 0 atom stereocenters. The maximum Gasteiger partial charge on any atom is 0.257 e. The molecule has 0 fully saturated rings. The van der Waals surface area contributed by atoms with E-state index in [-0.39, 0.29) is 5.56 Å². The number of carbonyl (C=O) groups is 1. The molecular weight excluding hydrogens is 261 g/mol. The van der Waals surface area contributed by atoms with Crippen molar-refractivity contribution in [2.45, 2.75) is 0 Å². The highest BCUT2D eigenvalue weighted by Gasteiger charge is 2.15. The Kier molecular flexibility index (Phi) is 3.37. The lowest BCUT2D eigenvalue weighted by Crippen LogP contribution is -2.16. The minimum absolute atomic E-state index is 0.00252. The van der Waals surface area contributed by atoms with Gasteiger partial charge in [-0.25, -0.2) is 13.2 Å². The number of nitrogens with one attached hydrogen (secondary N) is 2. The fraction of sp³-hybridized carbons (Fsp3) is 0. The fourth-order valence-corrected chi connectivity index (χ4v) is 1.40. The lowest BCUT2D eigenvalue weighted by molar-refractivity contribution is 0.102. The van der Waals surface area contributed by atoms with Gasteiger partial charge in [0.2, 0.25) is 5.56 Å². The number of H-pyrrole nitrogens is 1. The third-order valence-electron chi connectivity index (χ3n) is 2.29. The molecule has 98 valence electrons. The fourth-order valence-electron chi connectivity index (χ4n) is 1.40. The lowest BCUT2D eigenvalue weighted by Gasteiger charge is -2.07. The molecule has 1 heterocycles. The van der Waals surface area contributed by atoms with Gasteiger partial charge >= 0.3 is 0 Å². The zero-order valence-electron chi connectivity index (χ0n) is 9.34. The lowest BCUT2D eigenvalue weighted by atomic mass is 10.2. The van der Waals surface area contributed by atoms with Crippen molar-refractivity contribution >= 4 is 11.6 Å². The Hall–Kier alpha value is -2.57. The van der Waals surface area contributed by atoms with Crippen molar-refractivity contribution < 1.29 is 18.0 Å². The highest BCUT2D eigenvalue weighted by Crippen LogP contribution is 2.20. The van der Waals surface area contributed by atoms with Gasteiger partial charge in [0.25, 0.3) is 5.91 Å². The first-order valence-electron chi connectivity index (χ1n) is 5.12. The van der Waals surface area contributed by atoms with Crippen LogP contribution in [0.3, 0.4) is 0 Å². The third-order valence-corrected chi connectivity index (χ3v) is 2.29. The molecular formula is C12H7F3N2O2. The summed E-state index contributed by atoms with van der Waals surface area (Å²) in [5.41, 5.74) is -1.17. The second kappa shape index (κ2) is 4.97. The summed E-state index contributed by atoms with van der Waals surface area (Å²) >= 11 is 0. The van der Waals surface area contributed by atoms with Crippen molar-refractivity contribution in [1.82, 2.24) is 4.98 Å². The van der Waals surface area contributed by atoms with Gasteiger partial charge in [0.05, 0.1) is 5.56 Å². The number of hydrogen-bond donors (Lipinski definition) is 2. The average molecular weight is 268 g/mol. The van der Waals surface area contributed by atoms with Crippen LogP contribution >= 0.6 is 0 Å².